The minimum Gasteiger partial charge on any atom is -0.214 e. The van der Waals surface area contributed by atoms with Gasteiger partial charge in [0, 0.05) is 6.42 Å². The molecular weight excluding hydrogens is 752 g/mol. The molecule has 0 fully saturated rings. The van der Waals surface area contributed by atoms with Gasteiger partial charge in [-0.25, -0.2) is 8.78 Å². The lowest BCUT2D eigenvalue weighted by molar-refractivity contribution is -0.474. The van der Waals surface area contributed by atoms with Gasteiger partial charge in [-0.15, -0.1) is 33.2 Å². The van der Waals surface area contributed by atoms with Crippen LogP contribution in [0.5, 0.6) is 0 Å². The number of halogens is 26. The predicted octanol–water partition coefficient (Wildman–Crippen LogP) is 11.2. The molecule has 0 N–H and O–H groups in total. The van der Waals surface area contributed by atoms with Crippen molar-refractivity contribution in [1.82, 2.24) is 0 Å². The third-order valence-corrected chi connectivity index (χ3v) is 6.82. The molecule has 0 unspecified atom stereocenters. The van der Waals surface area contributed by atoms with Crippen molar-refractivity contribution < 1.29 is 101 Å². The van der Waals surface area contributed by atoms with E-state index in [1.807, 2.05) is 13.8 Å². The molecule has 27 heteroatoms. The molecule has 0 aliphatic heterocycles. The van der Waals surface area contributed by atoms with Crippen molar-refractivity contribution in [3.63, 3.8) is 0 Å². The minimum atomic E-state index is -9.19. The summed E-state index contributed by atoms with van der Waals surface area (Å²) in [7, 11) is 0. The van der Waals surface area contributed by atoms with Crippen LogP contribution in [0.4, 0.5) is 101 Å². The molecule has 0 radical (unpaired) electrons. The molecular formula is C15H12Cl3F23Si. The van der Waals surface area contributed by atoms with Crippen LogP contribution in [0.1, 0.15) is 20.3 Å². The first-order valence-corrected chi connectivity index (χ1v) is 14.8. The first kappa shape index (κ1) is 45.9. The highest BCUT2D eigenvalue weighted by atomic mass is 35.8. The van der Waals surface area contributed by atoms with E-state index in [2.05, 4.69) is 0 Å². The van der Waals surface area contributed by atoms with Crippen LogP contribution in [0.25, 0.3) is 0 Å². The Morgan fingerprint density at radius 3 is 0.786 bits per heavy atom. The Bertz CT molecular complexity index is 847. The van der Waals surface area contributed by atoms with Gasteiger partial charge in [-0.3, -0.25) is 0 Å². The van der Waals surface area contributed by atoms with Crippen molar-refractivity contribution in [2.45, 2.75) is 85.8 Å². The molecule has 0 saturated heterocycles. The van der Waals surface area contributed by atoms with Gasteiger partial charge in [-0.05, 0) is 6.04 Å². The molecule has 0 aromatic rings. The van der Waals surface area contributed by atoms with Crippen molar-refractivity contribution in [3.8, 4) is 0 Å². The fourth-order valence-electron chi connectivity index (χ4n) is 2.05. The Balaban J connectivity index is -0.00000284. The molecule has 0 spiro atoms. The molecule has 0 atom stereocenters. The van der Waals surface area contributed by atoms with Gasteiger partial charge >= 0.3 is 65.5 Å². The van der Waals surface area contributed by atoms with Gasteiger partial charge in [0.25, 0.3) is 0 Å². The smallest absolute Gasteiger partial charge is 0.214 e. The van der Waals surface area contributed by atoms with Gasteiger partial charge in [0.15, 0.2) is 0 Å². The second-order valence-corrected chi connectivity index (χ2v) is 16.3. The van der Waals surface area contributed by atoms with E-state index < -0.39 is 84.9 Å². The van der Waals surface area contributed by atoms with Crippen molar-refractivity contribution >= 4 is 39.2 Å². The molecule has 258 valence electrons. The summed E-state index contributed by atoms with van der Waals surface area (Å²) in [6, 6.07) is -6.40. The Hall–Kier alpha value is -0.523. The normalized spacial score (nSPS) is 15.4. The first-order valence-electron chi connectivity index (χ1n) is 9.53. The van der Waals surface area contributed by atoms with Gasteiger partial charge in [-0.2, -0.15) is 92.2 Å². The lowest BCUT2D eigenvalue weighted by atomic mass is 9.86. The summed E-state index contributed by atoms with van der Waals surface area (Å²) in [4.78, 5) is 0. The lowest BCUT2D eigenvalue weighted by Gasteiger charge is -2.44. The van der Waals surface area contributed by atoms with Crippen LogP contribution in [0.3, 0.4) is 0 Å². The van der Waals surface area contributed by atoms with Crippen molar-refractivity contribution in [3.05, 3.63) is 0 Å². The average molecular weight is 764 g/mol. The van der Waals surface area contributed by atoms with E-state index in [1.54, 1.807) is 0 Å². The molecule has 0 aliphatic carbocycles. The monoisotopic (exact) mass is 762 g/mol. The van der Waals surface area contributed by atoms with Crippen molar-refractivity contribution in [2.24, 2.45) is 0 Å². The van der Waals surface area contributed by atoms with Crippen LogP contribution in [-0.2, 0) is 0 Å². The number of alkyl halides is 23. The Morgan fingerprint density at radius 1 is 0.405 bits per heavy atom. The Kier molecular flexibility index (Phi) is 14.7. The van der Waals surface area contributed by atoms with Gasteiger partial charge < -0.3 is 0 Å². The molecule has 0 nitrogen and oxygen atoms in total. The largest absolute Gasteiger partial charge is 0.460 e. The maximum Gasteiger partial charge on any atom is 0.460 e. The fraction of sp³-hybridized carbons (Fsp3) is 1.00. The lowest BCUT2D eigenvalue weighted by Crippen LogP contribution is -2.76. The van der Waals surface area contributed by atoms with Crippen LogP contribution in [-0.4, -0.2) is 72.4 Å². The van der Waals surface area contributed by atoms with Gasteiger partial charge in [0.1, 0.15) is 0 Å². The molecule has 0 aliphatic rings. The fourth-order valence-corrected chi connectivity index (χ4v) is 3.49. The molecule has 42 heavy (non-hydrogen) atoms. The Labute approximate surface area is 233 Å². The summed E-state index contributed by atoms with van der Waals surface area (Å²) in [5.74, 6) is -77.2. The van der Waals surface area contributed by atoms with Crippen LogP contribution in [0.2, 0.25) is 6.04 Å². The molecule has 0 aromatic carbocycles. The SMILES string of the molecule is CC.FC(F)(F)C(F)(F)C(F)(F)C(F)(F)C(F)(F)C(F)(F)C(F)(F)C(F)(F)C(F)(F)C(F)(F)CC[Si](Cl)(Cl)Cl.FCF. The topological polar surface area (TPSA) is 0 Å². The third kappa shape index (κ3) is 7.64. The summed E-state index contributed by atoms with van der Waals surface area (Å²) >= 11 is 14.8. The highest BCUT2D eigenvalue weighted by molar-refractivity contribution is 7.64. The van der Waals surface area contributed by atoms with E-state index >= 15 is 0 Å². The summed E-state index contributed by atoms with van der Waals surface area (Å²) < 4.78 is 295. The van der Waals surface area contributed by atoms with Crippen LogP contribution >= 0.6 is 33.2 Å². The van der Waals surface area contributed by atoms with E-state index in [0.717, 1.165) is 0 Å². The molecule has 0 heterocycles. The van der Waals surface area contributed by atoms with E-state index in [-0.39, 0.29) is 0 Å². The third-order valence-electron chi connectivity index (χ3n) is 4.30. The Morgan fingerprint density at radius 2 is 0.595 bits per heavy atom. The summed E-state index contributed by atoms with van der Waals surface area (Å²) in [5, 5.41) is 0. The van der Waals surface area contributed by atoms with E-state index in [0.29, 0.717) is 0 Å². The standard InChI is InChI=1S/C12H4Cl3F21Si.C2H6.CH2F2/c13-37(14,15)2-1-3(16,17)4(18,19)5(20,21)6(22,23)7(24,25)8(26,27)9(28,29)10(30,31)11(32,33)12(34,35)36;1-2;2-1-3/h1-2H2;1-2H3;1H2. The van der Waals surface area contributed by atoms with Gasteiger partial charge in [0.2, 0.25) is 6.93 Å². The molecule has 0 saturated carbocycles. The number of hydrogen-bond donors (Lipinski definition) is 0. The predicted molar refractivity (Wildman–Crippen MR) is 102 cm³/mol. The summed E-state index contributed by atoms with van der Waals surface area (Å²) in [6.45, 7) is 2.25. The zero-order valence-corrected chi connectivity index (χ0v) is 22.7. The summed E-state index contributed by atoms with van der Waals surface area (Å²) in [6.07, 6.45) is -10.9. The van der Waals surface area contributed by atoms with E-state index in [1.165, 1.54) is 0 Å². The van der Waals surface area contributed by atoms with Crippen molar-refractivity contribution in [1.29, 1.82) is 0 Å². The maximum atomic E-state index is 13.6. The molecule has 0 bridgehead atoms. The molecule has 0 amide bonds. The number of rotatable bonds is 11. The molecule has 0 aromatic heterocycles. The number of hydrogen-bond acceptors (Lipinski definition) is 0. The first-order chi connectivity index (χ1) is 17.9. The van der Waals surface area contributed by atoms with Crippen LogP contribution in [0, 0.1) is 0 Å². The zero-order valence-electron chi connectivity index (χ0n) is 19.4. The van der Waals surface area contributed by atoms with Crippen LogP contribution < -0.4 is 0 Å². The zero-order chi connectivity index (χ0) is 35.6. The maximum absolute atomic E-state index is 13.6. The highest BCUT2D eigenvalue weighted by Crippen LogP contribution is 2.66. The second-order valence-electron chi connectivity index (χ2n) is 7.01. The van der Waals surface area contributed by atoms with Crippen molar-refractivity contribution in [2.75, 3.05) is 6.93 Å². The highest BCUT2D eigenvalue weighted by Gasteiger charge is 2.97. The van der Waals surface area contributed by atoms with E-state index in [4.69, 9.17) is 33.2 Å². The van der Waals surface area contributed by atoms with Gasteiger partial charge in [-0.1, -0.05) is 13.8 Å². The summed E-state index contributed by atoms with van der Waals surface area (Å²) in [5.41, 5.74) is 0. The minimum absolute atomic E-state index is 1.75. The molecule has 0 rings (SSSR count). The quantitative estimate of drug-likeness (QED) is 0.112. The second kappa shape index (κ2) is 13.5. The van der Waals surface area contributed by atoms with Gasteiger partial charge in [0.05, 0.1) is 0 Å². The van der Waals surface area contributed by atoms with Crippen LogP contribution in [0.15, 0.2) is 0 Å². The van der Waals surface area contributed by atoms with E-state index in [9.17, 15) is 101 Å². The average Bonchev–Trinajstić information content (AvgIpc) is 2.77.